The third-order valence-corrected chi connectivity index (χ3v) is 6.66. The fourth-order valence-corrected chi connectivity index (χ4v) is 4.81. The summed E-state index contributed by atoms with van der Waals surface area (Å²) in [7, 11) is 4.88. The number of phenols is 1. The van der Waals surface area contributed by atoms with Crippen LogP contribution < -0.4 is 25.0 Å². The van der Waals surface area contributed by atoms with Crippen molar-refractivity contribution >= 4 is 39.5 Å². The van der Waals surface area contributed by atoms with Crippen LogP contribution in [0.3, 0.4) is 0 Å². The topological polar surface area (TPSA) is 75.2 Å². The summed E-state index contributed by atoms with van der Waals surface area (Å²) in [6.07, 6.45) is 2.04. The van der Waals surface area contributed by atoms with Gasteiger partial charge in [0.05, 0.1) is 38.8 Å². The fourth-order valence-electron chi connectivity index (χ4n) is 4.54. The van der Waals surface area contributed by atoms with E-state index in [-0.39, 0.29) is 11.8 Å². The molecule has 8 heteroatoms. The van der Waals surface area contributed by atoms with Crippen molar-refractivity contribution in [3.63, 3.8) is 0 Å². The summed E-state index contributed by atoms with van der Waals surface area (Å²) in [5, 5.41) is 18.3. The number of benzene rings is 4. The van der Waals surface area contributed by atoms with Crippen LogP contribution in [-0.2, 0) is 0 Å². The molecule has 0 aromatic heterocycles. The standard InChI is InChI=1S/C29H27N3O4S/c1-34-18-12-14-26(33)22(16-18)24-17-25(20-13-15-27(35-2)21-9-5-4-8-19(20)21)32(31-24)29(37)30-23-10-6-7-11-28(23)36-3/h4-17,25,31,33H,1-3H3,(H,30,37). The predicted molar refractivity (Wildman–Crippen MR) is 150 cm³/mol. The zero-order valence-corrected chi connectivity index (χ0v) is 21.5. The van der Waals surface area contributed by atoms with Gasteiger partial charge in [0.15, 0.2) is 5.11 Å². The van der Waals surface area contributed by atoms with Crippen molar-refractivity contribution in [3.8, 4) is 23.0 Å². The Morgan fingerprint density at radius 1 is 0.865 bits per heavy atom. The summed E-state index contributed by atoms with van der Waals surface area (Å²) in [6, 6.07) is 24.5. The molecule has 4 aromatic rings. The SMILES string of the molecule is COc1ccc(O)c(C2=CC(c3ccc(OC)c4ccccc34)N(C(=S)Nc3ccccc3OC)N2)c1. The van der Waals surface area contributed by atoms with Gasteiger partial charge in [-0.3, -0.25) is 10.4 Å². The first kappa shape index (κ1) is 24.3. The second kappa shape index (κ2) is 10.3. The van der Waals surface area contributed by atoms with E-state index in [1.165, 1.54) is 0 Å². The molecule has 1 aliphatic rings. The first-order chi connectivity index (χ1) is 18.0. The van der Waals surface area contributed by atoms with Crippen LogP contribution in [0.2, 0.25) is 0 Å². The molecular formula is C29H27N3O4S. The molecule has 4 aromatic carbocycles. The normalized spacial score (nSPS) is 14.6. The third kappa shape index (κ3) is 4.59. The molecule has 1 aliphatic heterocycles. The van der Waals surface area contributed by atoms with Gasteiger partial charge in [-0.2, -0.15) is 0 Å². The summed E-state index contributed by atoms with van der Waals surface area (Å²) < 4.78 is 16.5. The van der Waals surface area contributed by atoms with Crippen LogP contribution in [0.15, 0.2) is 84.9 Å². The molecule has 5 rings (SSSR count). The van der Waals surface area contributed by atoms with Gasteiger partial charge in [-0.15, -0.1) is 0 Å². The van der Waals surface area contributed by atoms with Gasteiger partial charge in [-0.25, -0.2) is 0 Å². The number of anilines is 1. The van der Waals surface area contributed by atoms with Gasteiger partial charge in [0.1, 0.15) is 23.0 Å². The van der Waals surface area contributed by atoms with Crippen LogP contribution in [0.4, 0.5) is 5.69 Å². The molecule has 0 spiro atoms. The molecule has 1 heterocycles. The number of hydrogen-bond donors (Lipinski definition) is 3. The van der Waals surface area contributed by atoms with Crippen molar-refractivity contribution in [2.24, 2.45) is 0 Å². The number of nitrogens with one attached hydrogen (secondary N) is 2. The fraction of sp³-hybridized carbons (Fsp3) is 0.138. The van der Waals surface area contributed by atoms with Crippen LogP contribution in [0.25, 0.3) is 16.5 Å². The van der Waals surface area contributed by atoms with Gasteiger partial charge >= 0.3 is 0 Å². The monoisotopic (exact) mass is 513 g/mol. The Labute approximate surface area is 220 Å². The van der Waals surface area contributed by atoms with Gasteiger partial charge < -0.3 is 24.6 Å². The summed E-state index contributed by atoms with van der Waals surface area (Å²) in [5.41, 5.74) is 6.47. The van der Waals surface area contributed by atoms with Crippen molar-refractivity contribution in [2.45, 2.75) is 6.04 Å². The number of fused-ring (bicyclic) bond motifs is 1. The number of phenolic OH excluding ortho intramolecular Hbond substituents is 1. The van der Waals surface area contributed by atoms with Crippen molar-refractivity contribution in [1.29, 1.82) is 0 Å². The molecule has 37 heavy (non-hydrogen) atoms. The summed E-state index contributed by atoms with van der Waals surface area (Å²) >= 11 is 5.89. The largest absolute Gasteiger partial charge is 0.507 e. The number of ether oxygens (including phenoxy) is 3. The number of hydrogen-bond acceptors (Lipinski definition) is 6. The maximum atomic E-state index is 10.7. The number of aromatic hydroxyl groups is 1. The molecule has 0 fully saturated rings. The van der Waals surface area contributed by atoms with E-state index in [1.807, 2.05) is 65.7 Å². The number of hydrazine groups is 1. The Morgan fingerprint density at radius 3 is 2.35 bits per heavy atom. The molecule has 188 valence electrons. The number of nitrogens with zero attached hydrogens (tertiary/aromatic N) is 1. The highest BCUT2D eigenvalue weighted by molar-refractivity contribution is 7.80. The molecule has 0 aliphatic carbocycles. The Kier molecular flexibility index (Phi) is 6.74. The lowest BCUT2D eigenvalue weighted by Gasteiger charge is -2.29. The summed E-state index contributed by atoms with van der Waals surface area (Å²) in [4.78, 5) is 0. The summed E-state index contributed by atoms with van der Waals surface area (Å²) in [6.45, 7) is 0. The zero-order chi connectivity index (χ0) is 25.9. The first-order valence-electron chi connectivity index (χ1n) is 11.7. The third-order valence-electron chi connectivity index (χ3n) is 6.36. The van der Waals surface area contributed by atoms with E-state index in [0.717, 1.165) is 27.8 Å². The zero-order valence-electron chi connectivity index (χ0n) is 20.7. The molecular weight excluding hydrogens is 486 g/mol. The predicted octanol–water partition coefficient (Wildman–Crippen LogP) is 5.87. The maximum absolute atomic E-state index is 10.7. The molecule has 1 atom stereocenters. The summed E-state index contributed by atoms with van der Waals surface area (Å²) in [5.74, 6) is 2.23. The molecule has 0 radical (unpaired) electrons. The van der Waals surface area contributed by atoms with Crippen LogP contribution in [0.5, 0.6) is 23.0 Å². The highest BCUT2D eigenvalue weighted by atomic mass is 32.1. The van der Waals surface area contributed by atoms with Gasteiger partial charge in [-0.05, 0) is 65.6 Å². The van der Waals surface area contributed by atoms with Crippen molar-refractivity contribution in [1.82, 2.24) is 10.4 Å². The van der Waals surface area contributed by atoms with E-state index < -0.39 is 0 Å². The Hall–Kier alpha value is -4.43. The Balaban J connectivity index is 1.61. The average molecular weight is 514 g/mol. The molecule has 1 unspecified atom stereocenters. The van der Waals surface area contributed by atoms with Gasteiger partial charge in [0, 0.05) is 10.9 Å². The minimum atomic E-state index is -0.300. The minimum Gasteiger partial charge on any atom is -0.507 e. The van der Waals surface area contributed by atoms with E-state index in [2.05, 4.69) is 16.8 Å². The molecule has 7 nitrogen and oxygen atoms in total. The lowest BCUT2D eigenvalue weighted by atomic mass is 9.97. The lowest BCUT2D eigenvalue weighted by Crippen LogP contribution is -2.42. The Morgan fingerprint density at radius 2 is 1.59 bits per heavy atom. The molecule has 0 saturated carbocycles. The maximum Gasteiger partial charge on any atom is 0.193 e. The molecule has 0 amide bonds. The average Bonchev–Trinajstić information content (AvgIpc) is 3.38. The van der Waals surface area contributed by atoms with E-state index >= 15 is 0 Å². The lowest BCUT2D eigenvalue weighted by molar-refractivity contribution is 0.348. The van der Waals surface area contributed by atoms with Gasteiger partial charge in [-0.1, -0.05) is 42.5 Å². The second-order valence-corrected chi connectivity index (χ2v) is 8.81. The van der Waals surface area contributed by atoms with E-state index in [1.54, 1.807) is 39.5 Å². The van der Waals surface area contributed by atoms with Crippen LogP contribution in [-0.4, -0.2) is 36.6 Å². The number of thiocarbonyl (C=S) groups is 1. The first-order valence-corrected chi connectivity index (χ1v) is 12.1. The van der Waals surface area contributed by atoms with E-state index in [9.17, 15) is 5.11 Å². The minimum absolute atomic E-state index is 0.128. The highest BCUT2D eigenvalue weighted by Gasteiger charge is 2.31. The van der Waals surface area contributed by atoms with Crippen LogP contribution in [0, 0.1) is 0 Å². The second-order valence-electron chi connectivity index (χ2n) is 8.42. The van der Waals surface area contributed by atoms with Gasteiger partial charge in [0.25, 0.3) is 0 Å². The van der Waals surface area contributed by atoms with Crippen molar-refractivity contribution < 1.29 is 19.3 Å². The Bertz CT molecular complexity index is 1500. The van der Waals surface area contributed by atoms with Crippen LogP contribution in [0.1, 0.15) is 17.2 Å². The number of para-hydroxylation sites is 2. The number of rotatable bonds is 6. The van der Waals surface area contributed by atoms with E-state index in [4.69, 9.17) is 26.4 Å². The quantitative estimate of drug-likeness (QED) is 0.277. The highest BCUT2D eigenvalue weighted by Crippen LogP contribution is 2.40. The van der Waals surface area contributed by atoms with Crippen molar-refractivity contribution in [3.05, 3.63) is 96.1 Å². The van der Waals surface area contributed by atoms with Crippen molar-refractivity contribution in [2.75, 3.05) is 26.6 Å². The number of methoxy groups -OCH3 is 3. The molecule has 0 saturated heterocycles. The molecule has 0 bridgehead atoms. The van der Waals surface area contributed by atoms with Gasteiger partial charge in [0.2, 0.25) is 0 Å². The smallest absolute Gasteiger partial charge is 0.193 e. The molecule has 3 N–H and O–H groups in total. The van der Waals surface area contributed by atoms with E-state index in [0.29, 0.717) is 27.9 Å². The van der Waals surface area contributed by atoms with Crippen LogP contribution >= 0.6 is 12.2 Å².